The summed E-state index contributed by atoms with van der Waals surface area (Å²) >= 11 is 0. The minimum atomic E-state index is -0.420. The summed E-state index contributed by atoms with van der Waals surface area (Å²) in [6.45, 7) is 22.2. The quantitative estimate of drug-likeness (QED) is 0.217. The van der Waals surface area contributed by atoms with Crippen LogP contribution in [0.15, 0.2) is 42.3 Å². The fraction of sp³-hybridized carbons (Fsp3) is 0.519. The normalized spacial score (nSPS) is 10.0. The summed E-state index contributed by atoms with van der Waals surface area (Å²) in [4.78, 5) is 41.8. The molecule has 0 fully saturated rings. The molecule has 0 aliphatic heterocycles. The van der Waals surface area contributed by atoms with E-state index >= 15 is 0 Å². The van der Waals surface area contributed by atoms with Crippen LogP contribution in [0.2, 0.25) is 0 Å². The summed E-state index contributed by atoms with van der Waals surface area (Å²) in [5.41, 5.74) is 1.89. The van der Waals surface area contributed by atoms with Gasteiger partial charge in [-0.3, -0.25) is 19.3 Å². The third kappa shape index (κ3) is 8.19. The van der Waals surface area contributed by atoms with Gasteiger partial charge in [0.1, 0.15) is 11.4 Å². The van der Waals surface area contributed by atoms with Gasteiger partial charge >= 0.3 is 0 Å². The third-order valence-electron chi connectivity index (χ3n) is 5.17. The van der Waals surface area contributed by atoms with Crippen molar-refractivity contribution >= 4 is 18.1 Å². The van der Waals surface area contributed by atoms with Crippen LogP contribution >= 0.6 is 0 Å². The van der Waals surface area contributed by atoms with E-state index in [4.69, 9.17) is 0 Å². The summed E-state index contributed by atoms with van der Waals surface area (Å²) in [5.74, 6) is -0.0687. The lowest BCUT2D eigenvalue weighted by molar-refractivity contribution is -0.107. The van der Waals surface area contributed by atoms with Crippen molar-refractivity contribution in [1.29, 1.82) is 0 Å². The summed E-state index contributed by atoms with van der Waals surface area (Å²) in [5, 5.41) is 0. The van der Waals surface area contributed by atoms with Gasteiger partial charge in [-0.1, -0.05) is 51.5 Å². The lowest BCUT2D eigenvalue weighted by atomic mass is 10.0. The maximum absolute atomic E-state index is 13.4. The lowest BCUT2D eigenvalue weighted by Crippen LogP contribution is -2.39. The fourth-order valence-corrected chi connectivity index (χ4v) is 3.60. The number of carbonyl (C=O) groups is 2. The zero-order valence-electron chi connectivity index (χ0n) is 21.6. The molecule has 0 aromatic carbocycles. The van der Waals surface area contributed by atoms with E-state index < -0.39 is 5.91 Å². The van der Waals surface area contributed by atoms with Crippen LogP contribution in [-0.2, 0) is 17.8 Å². The lowest BCUT2D eigenvalue weighted by Gasteiger charge is -2.30. The predicted octanol–water partition coefficient (Wildman–Crippen LogP) is 5.29. The molecular formula is C27H43N3O3. The number of carbonyl (C=O) groups excluding carboxylic acids is 2. The number of hydrogen-bond donors (Lipinski definition) is 0. The van der Waals surface area contributed by atoms with E-state index in [2.05, 4.69) is 26.7 Å². The van der Waals surface area contributed by atoms with Crippen LogP contribution in [0.5, 0.6) is 0 Å². The maximum Gasteiger partial charge on any atom is 0.261 e. The number of rotatable bonds is 14. The van der Waals surface area contributed by atoms with E-state index in [-0.39, 0.29) is 17.5 Å². The molecule has 0 aliphatic rings. The smallest absolute Gasteiger partial charge is 0.261 e. The average Bonchev–Trinajstić information content (AvgIpc) is 2.80. The van der Waals surface area contributed by atoms with Gasteiger partial charge in [0.25, 0.3) is 5.91 Å². The number of likely N-dealkylation sites (N-methyl/N-ethyl adjacent to an activating group) is 1. The highest BCUT2D eigenvalue weighted by Crippen LogP contribution is 2.26. The van der Waals surface area contributed by atoms with Crippen LogP contribution in [0.1, 0.15) is 75.0 Å². The molecule has 1 aromatic rings. The summed E-state index contributed by atoms with van der Waals surface area (Å²) in [6.07, 6.45) is 8.29. The SMILES string of the molecule is C=CCCCn1c(CCCC)c(C)c(=O)c(C(=O)N(C)CC=C)c1N(C=O)CC(=C)C.CC. The van der Waals surface area contributed by atoms with Crippen molar-refractivity contribution in [2.24, 2.45) is 0 Å². The number of amides is 2. The van der Waals surface area contributed by atoms with Gasteiger partial charge in [-0.05, 0) is 39.5 Å². The van der Waals surface area contributed by atoms with Gasteiger partial charge in [-0.25, -0.2) is 0 Å². The summed E-state index contributed by atoms with van der Waals surface area (Å²) in [6, 6.07) is 0. The van der Waals surface area contributed by atoms with E-state index in [0.29, 0.717) is 37.3 Å². The van der Waals surface area contributed by atoms with Crippen molar-refractivity contribution in [3.63, 3.8) is 0 Å². The first-order valence-corrected chi connectivity index (χ1v) is 11.8. The van der Waals surface area contributed by atoms with Gasteiger partial charge in [0, 0.05) is 37.9 Å². The minimum Gasteiger partial charge on any atom is -0.338 e. The van der Waals surface area contributed by atoms with E-state index in [9.17, 15) is 14.4 Å². The van der Waals surface area contributed by atoms with Gasteiger partial charge in [-0.2, -0.15) is 0 Å². The van der Waals surface area contributed by atoms with Gasteiger partial charge in [0.15, 0.2) is 5.43 Å². The van der Waals surface area contributed by atoms with Crippen LogP contribution in [0, 0.1) is 6.92 Å². The zero-order valence-corrected chi connectivity index (χ0v) is 21.6. The Morgan fingerprint density at radius 1 is 1.15 bits per heavy atom. The number of anilines is 1. The zero-order chi connectivity index (χ0) is 25.6. The van der Waals surface area contributed by atoms with E-state index in [1.165, 1.54) is 9.80 Å². The summed E-state index contributed by atoms with van der Waals surface area (Å²) < 4.78 is 1.99. The first kappa shape index (κ1) is 30.1. The first-order chi connectivity index (χ1) is 15.7. The van der Waals surface area contributed by atoms with Crippen LogP contribution < -0.4 is 10.3 Å². The number of pyridine rings is 1. The second-order valence-electron chi connectivity index (χ2n) is 7.95. The van der Waals surface area contributed by atoms with Crippen LogP contribution in [0.4, 0.5) is 5.82 Å². The molecule has 0 unspecified atom stereocenters. The van der Waals surface area contributed by atoms with Crippen molar-refractivity contribution in [1.82, 2.24) is 9.47 Å². The maximum atomic E-state index is 13.4. The Bertz CT molecular complexity index is 884. The van der Waals surface area contributed by atoms with Gasteiger partial charge in [0.2, 0.25) is 6.41 Å². The van der Waals surface area contributed by atoms with Gasteiger partial charge in [0.05, 0.1) is 0 Å². The standard InChI is InChI=1S/C25H37N3O3.C2H6/c1-8-11-13-16-28-21(14-12-9-2)20(6)23(30)22(25(31)26(7)15-10-3)24(28)27(18-29)17-19(4)5;1-2/h8,10,18H,1,3-4,9,11-17H2,2,5-7H3;1-2H3. The van der Waals surface area contributed by atoms with Crippen molar-refractivity contribution in [3.8, 4) is 0 Å². The van der Waals surface area contributed by atoms with Gasteiger partial charge < -0.3 is 9.47 Å². The monoisotopic (exact) mass is 457 g/mol. The Morgan fingerprint density at radius 3 is 2.27 bits per heavy atom. The van der Waals surface area contributed by atoms with Crippen molar-refractivity contribution in [2.45, 2.75) is 73.3 Å². The molecule has 0 saturated heterocycles. The van der Waals surface area contributed by atoms with Crippen LogP contribution in [0.25, 0.3) is 0 Å². The molecule has 6 heteroatoms. The van der Waals surface area contributed by atoms with Crippen molar-refractivity contribution in [3.05, 3.63) is 64.5 Å². The van der Waals surface area contributed by atoms with Crippen LogP contribution in [0.3, 0.4) is 0 Å². The summed E-state index contributed by atoms with van der Waals surface area (Å²) in [7, 11) is 1.62. The second-order valence-corrected chi connectivity index (χ2v) is 7.95. The molecule has 0 saturated carbocycles. The van der Waals surface area contributed by atoms with E-state index in [0.717, 1.165) is 37.0 Å². The predicted molar refractivity (Wildman–Crippen MR) is 140 cm³/mol. The van der Waals surface area contributed by atoms with E-state index in [1.807, 2.05) is 31.4 Å². The number of nitrogens with zero attached hydrogens (tertiary/aromatic N) is 3. The van der Waals surface area contributed by atoms with Crippen LogP contribution in [-0.4, -0.2) is 41.9 Å². The Labute approximate surface area is 200 Å². The fourth-order valence-electron chi connectivity index (χ4n) is 3.60. The highest BCUT2D eigenvalue weighted by atomic mass is 16.2. The molecule has 0 bridgehead atoms. The molecule has 0 spiro atoms. The number of unbranched alkanes of at least 4 members (excludes halogenated alkanes) is 2. The number of aromatic nitrogens is 1. The average molecular weight is 458 g/mol. The molecule has 1 heterocycles. The molecule has 0 aliphatic carbocycles. The molecule has 184 valence electrons. The molecule has 6 nitrogen and oxygen atoms in total. The molecule has 2 amide bonds. The largest absolute Gasteiger partial charge is 0.338 e. The second kappa shape index (κ2) is 15.8. The van der Waals surface area contributed by atoms with Crippen molar-refractivity contribution in [2.75, 3.05) is 25.0 Å². The number of hydrogen-bond acceptors (Lipinski definition) is 3. The van der Waals surface area contributed by atoms with Crippen molar-refractivity contribution < 1.29 is 9.59 Å². The number of allylic oxidation sites excluding steroid dienone is 1. The highest BCUT2D eigenvalue weighted by Gasteiger charge is 2.29. The van der Waals surface area contributed by atoms with Gasteiger partial charge in [-0.15, -0.1) is 13.2 Å². The molecule has 1 aromatic heterocycles. The Balaban J connectivity index is 0.00000497. The topological polar surface area (TPSA) is 62.6 Å². The Hall–Kier alpha value is -2.89. The van der Waals surface area contributed by atoms with E-state index in [1.54, 1.807) is 20.0 Å². The molecule has 0 atom stereocenters. The minimum absolute atomic E-state index is 0.0223. The molecule has 0 radical (unpaired) electrons. The highest BCUT2D eigenvalue weighted by molar-refractivity contribution is 6.01. The Kier molecular flexibility index (Phi) is 14.5. The molecule has 1 rings (SSSR count). The molecule has 0 N–H and O–H groups in total. The first-order valence-electron chi connectivity index (χ1n) is 11.8. The molecule has 33 heavy (non-hydrogen) atoms. The Morgan fingerprint density at radius 2 is 1.79 bits per heavy atom. The molecular weight excluding hydrogens is 414 g/mol. The third-order valence-corrected chi connectivity index (χ3v) is 5.17.